The Morgan fingerprint density at radius 1 is 1.21 bits per heavy atom. The summed E-state index contributed by atoms with van der Waals surface area (Å²) in [4.78, 5) is 4.25. The SMILES string of the molecule is c1cc2ccc(-c3cscn3)cc2o1. The molecule has 0 spiro atoms. The van der Waals surface area contributed by atoms with E-state index in [-0.39, 0.29) is 0 Å². The van der Waals surface area contributed by atoms with Gasteiger partial charge < -0.3 is 4.42 Å². The molecule has 3 heteroatoms. The van der Waals surface area contributed by atoms with Crippen molar-refractivity contribution in [3.63, 3.8) is 0 Å². The van der Waals surface area contributed by atoms with Gasteiger partial charge >= 0.3 is 0 Å². The molecule has 0 radical (unpaired) electrons. The van der Waals surface area contributed by atoms with Gasteiger partial charge in [-0.25, -0.2) is 4.98 Å². The van der Waals surface area contributed by atoms with E-state index in [9.17, 15) is 0 Å². The molecule has 14 heavy (non-hydrogen) atoms. The van der Waals surface area contributed by atoms with Crippen molar-refractivity contribution in [1.82, 2.24) is 4.98 Å². The number of hydrogen-bond acceptors (Lipinski definition) is 3. The second kappa shape index (κ2) is 2.96. The van der Waals surface area contributed by atoms with Crippen LogP contribution in [0.15, 0.2) is 45.8 Å². The van der Waals surface area contributed by atoms with Gasteiger partial charge in [-0.15, -0.1) is 11.3 Å². The minimum Gasteiger partial charge on any atom is -0.464 e. The van der Waals surface area contributed by atoms with Crippen LogP contribution in [0.4, 0.5) is 0 Å². The van der Waals surface area contributed by atoms with Gasteiger partial charge in [-0.2, -0.15) is 0 Å². The van der Waals surface area contributed by atoms with Crippen LogP contribution in [-0.4, -0.2) is 4.98 Å². The monoisotopic (exact) mass is 201 g/mol. The summed E-state index contributed by atoms with van der Waals surface area (Å²) in [5.41, 5.74) is 4.86. The molecule has 0 saturated heterocycles. The highest BCUT2D eigenvalue weighted by molar-refractivity contribution is 7.07. The molecule has 0 aliphatic heterocycles. The molecular weight excluding hydrogens is 194 g/mol. The Balaban J connectivity index is 2.23. The van der Waals surface area contributed by atoms with Crippen molar-refractivity contribution in [1.29, 1.82) is 0 Å². The first-order valence-electron chi connectivity index (χ1n) is 4.29. The molecule has 3 rings (SSSR count). The largest absolute Gasteiger partial charge is 0.464 e. The molecule has 0 bridgehead atoms. The zero-order valence-corrected chi connectivity index (χ0v) is 8.12. The molecule has 0 unspecified atom stereocenters. The smallest absolute Gasteiger partial charge is 0.134 e. The highest BCUT2D eigenvalue weighted by Crippen LogP contribution is 2.24. The lowest BCUT2D eigenvalue weighted by Crippen LogP contribution is -1.75. The van der Waals surface area contributed by atoms with Crippen molar-refractivity contribution in [3.05, 3.63) is 41.4 Å². The second-order valence-electron chi connectivity index (χ2n) is 3.05. The lowest BCUT2D eigenvalue weighted by Gasteiger charge is -1.95. The maximum absolute atomic E-state index is 5.33. The summed E-state index contributed by atoms with van der Waals surface area (Å²) in [6, 6.07) is 8.09. The molecule has 0 N–H and O–H groups in total. The summed E-state index contributed by atoms with van der Waals surface area (Å²) in [5.74, 6) is 0. The van der Waals surface area contributed by atoms with Gasteiger partial charge in [0.1, 0.15) is 5.58 Å². The average molecular weight is 201 g/mol. The van der Waals surface area contributed by atoms with Crippen LogP contribution in [0.1, 0.15) is 0 Å². The molecule has 3 aromatic rings. The van der Waals surface area contributed by atoms with E-state index in [2.05, 4.69) is 11.1 Å². The molecule has 2 aromatic heterocycles. The van der Waals surface area contributed by atoms with Crippen LogP contribution >= 0.6 is 11.3 Å². The lowest BCUT2D eigenvalue weighted by atomic mass is 10.1. The Labute approximate surface area is 84.8 Å². The fraction of sp³-hybridized carbons (Fsp3) is 0. The van der Waals surface area contributed by atoms with Gasteiger partial charge in [-0.05, 0) is 12.1 Å². The Morgan fingerprint density at radius 2 is 2.21 bits per heavy atom. The summed E-state index contributed by atoms with van der Waals surface area (Å²) >= 11 is 1.60. The quantitative estimate of drug-likeness (QED) is 0.601. The normalized spacial score (nSPS) is 10.9. The van der Waals surface area contributed by atoms with Gasteiger partial charge in [0.15, 0.2) is 0 Å². The Kier molecular flexibility index (Phi) is 1.64. The molecule has 0 amide bonds. The molecule has 0 saturated carbocycles. The highest BCUT2D eigenvalue weighted by atomic mass is 32.1. The van der Waals surface area contributed by atoms with Crippen LogP contribution in [0, 0.1) is 0 Å². The number of benzene rings is 1. The number of rotatable bonds is 1. The van der Waals surface area contributed by atoms with Gasteiger partial charge in [-0.3, -0.25) is 0 Å². The maximum atomic E-state index is 5.33. The molecule has 0 aliphatic rings. The van der Waals surface area contributed by atoms with E-state index in [1.54, 1.807) is 17.6 Å². The molecule has 2 nitrogen and oxygen atoms in total. The molecule has 0 aliphatic carbocycles. The summed E-state index contributed by atoms with van der Waals surface area (Å²) < 4.78 is 5.33. The zero-order chi connectivity index (χ0) is 9.38. The van der Waals surface area contributed by atoms with Gasteiger partial charge in [0.25, 0.3) is 0 Å². The van der Waals surface area contributed by atoms with Crippen molar-refractivity contribution >= 4 is 22.3 Å². The van der Waals surface area contributed by atoms with Gasteiger partial charge in [0, 0.05) is 16.3 Å². The van der Waals surface area contributed by atoms with E-state index < -0.39 is 0 Å². The predicted octanol–water partition coefficient (Wildman–Crippen LogP) is 3.56. The molecule has 1 aromatic carbocycles. The van der Waals surface area contributed by atoms with Crippen molar-refractivity contribution < 1.29 is 4.42 Å². The summed E-state index contributed by atoms with van der Waals surface area (Å²) in [7, 11) is 0. The van der Waals surface area contributed by atoms with Crippen LogP contribution in [0.3, 0.4) is 0 Å². The first kappa shape index (κ1) is 7.76. The third kappa shape index (κ3) is 1.14. The topological polar surface area (TPSA) is 26.0 Å². The molecular formula is C11H7NOS. The second-order valence-corrected chi connectivity index (χ2v) is 3.77. The summed E-state index contributed by atoms with van der Waals surface area (Å²) in [6.45, 7) is 0. The first-order chi connectivity index (χ1) is 6.93. The Hall–Kier alpha value is -1.61. The maximum Gasteiger partial charge on any atom is 0.134 e. The fourth-order valence-electron chi connectivity index (χ4n) is 1.47. The number of thiazole rings is 1. The number of aromatic nitrogens is 1. The van der Waals surface area contributed by atoms with Crippen LogP contribution in [0.5, 0.6) is 0 Å². The van der Waals surface area contributed by atoms with Crippen LogP contribution in [0.2, 0.25) is 0 Å². The Bertz CT molecular complexity index is 553. The van der Waals surface area contributed by atoms with Crippen LogP contribution in [-0.2, 0) is 0 Å². The van der Waals surface area contributed by atoms with E-state index >= 15 is 0 Å². The third-order valence-corrected chi connectivity index (χ3v) is 2.77. The van der Waals surface area contributed by atoms with Gasteiger partial charge in [0.05, 0.1) is 17.5 Å². The van der Waals surface area contributed by atoms with E-state index in [4.69, 9.17) is 4.42 Å². The molecule has 0 fully saturated rings. The minimum atomic E-state index is 0.913. The fourth-order valence-corrected chi connectivity index (χ4v) is 2.03. The van der Waals surface area contributed by atoms with Gasteiger partial charge in [-0.1, -0.05) is 12.1 Å². The van der Waals surface area contributed by atoms with E-state index in [1.807, 2.05) is 29.1 Å². The first-order valence-corrected chi connectivity index (χ1v) is 5.23. The summed E-state index contributed by atoms with van der Waals surface area (Å²) in [5, 5.41) is 3.16. The molecule has 68 valence electrons. The van der Waals surface area contributed by atoms with E-state index in [0.29, 0.717) is 0 Å². The van der Waals surface area contributed by atoms with Crippen molar-refractivity contribution in [2.75, 3.05) is 0 Å². The van der Waals surface area contributed by atoms with Crippen molar-refractivity contribution in [2.45, 2.75) is 0 Å². The minimum absolute atomic E-state index is 0.913. The molecule has 0 atom stereocenters. The van der Waals surface area contributed by atoms with E-state index in [1.165, 1.54) is 0 Å². The number of fused-ring (bicyclic) bond motifs is 1. The lowest BCUT2D eigenvalue weighted by molar-refractivity contribution is 0.616. The third-order valence-electron chi connectivity index (χ3n) is 2.18. The van der Waals surface area contributed by atoms with Crippen molar-refractivity contribution in [3.8, 4) is 11.3 Å². The highest BCUT2D eigenvalue weighted by Gasteiger charge is 2.02. The van der Waals surface area contributed by atoms with Crippen molar-refractivity contribution in [2.24, 2.45) is 0 Å². The number of nitrogens with zero attached hydrogens (tertiary/aromatic N) is 1. The predicted molar refractivity (Wildman–Crippen MR) is 57.3 cm³/mol. The zero-order valence-electron chi connectivity index (χ0n) is 7.31. The Morgan fingerprint density at radius 3 is 3.07 bits per heavy atom. The standard InChI is InChI=1S/C11H7NOS/c1-2-9(10-6-14-7-12-10)5-11-8(1)3-4-13-11/h1-7H. The van der Waals surface area contributed by atoms with Crippen LogP contribution < -0.4 is 0 Å². The van der Waals surface area contributed by atoms with Crippen LogP contribution in [0.25, 0.3) is 22.2 Å². The number of furan rings is 1. The number of hydrogen-bond donors (Lipinski definition) is 0. The van der Waals surface area contributed by atoms with E-state index in [0.717, 1.165) is 22.2 Å². The average Bonchev–Trinajstić information content (AvgIpc) is 2.88. The molecule has 2 heterocycles. The summed E-state index contributed by atoms with van der Waals surface area (Å²) in [6.07, 6.45) is 1.70. The van der Waals surface area contributed by atoms with Gasteiger partial charge in [0.2, 0.25) is 0 Å².